The Hall–Kier alpha value is -0.0800. The molecule has 10 heavy (non-hydrogen) atoms. The molecule has 0 saturated carbocycles. The van der Waals surface area contributed by atoms with Crippen LogP contribution in [0, 0.1) is 0 Å². The zero-order chi connectivity index (χ0) is 8.20. The molecule has 0 fully saturated rings. The van der Waals surface area contributed by atoms with Crippen LogP contribution in [0.4, 0.5) is 0 Å². The van der Waals surface area contributed by atoms with Crippen molar-refractivity contribution in [3.05, 3.63) is 0 Å². The Balaban J connectivity index is 3.63. The minimum atomic E-state index is -0.0380. The monoisotopic (exact) mass is 144 g/mol. The maximum absolute atomic E-state index is 5.85. The van der Waals surface area contributed by atoms with Gasteiger partial charge in [0.2, 0.25) is 0 Å². The average molecular weight is 144 g/mol. The molecule has 1 unspecified atom stereocenters. The summed E-state index contributed by atoms with van der Waals surface area (Å²) in [6.07, 6.45) is 2.19. The molecule has 0 aliphatic rings. The molecule has 62 valence electrons. The summed E-state index contributed by atoms with van der Waals surface area (Å²) >= 11 is 0. The molecule has 1 atom stereocenters. The van der Waals surface area contributed by atoms with Gasteiger partial charge in [0.15, 0.2) is 0 Å². The second-order valence-electron chi connectivity index (χ2n) is 3.59. The topological polar surface area (TPSA) is 38.0 Å². The van der Waals surface area contributed by atoms with Gasteiger partial charge in [0.1, 0.15) is 0 Å². The van der Waals surface area contributed by atoms with Crippen LogP contribution in [-0.2, 0) is 0 Å². The maximum atomic E-state index is 5.85. The molecule has 0 aliphatic carbocycles. The van der Waals surface area contributed by atoms with Gasteiger partial charge in [0.05, 0.1) is 0 Å². The third-order valence-corrected chi connectivity index (χ3v) is 1.67. The zero-order valence-corrected chi connectivity index (χ0v) is 7.57. The second kappa shape index (κ2) is 3.94. The van der Waals surface area contributed by atoms with E-state index in [1.54, 1.807) is 0 Å². The molecule has 0 aromatic carbocycles. The fourth-order valence-electron chi connectivity index (χ4n) is 1.09. The second-order valence-corrected chi connectivity index (χ2v) is 3.59. The van der Waals surface area contributed by atoms with Gasteiger partial charge in [0.25, 0.3) is 0 Å². The van der Waals surface area contributed by atoms with Gasteiger partial charge in [-0.05, 0) is 33.7 Å². The Bertz CT molecular complexity index is 79.7. The first-order valence-corrected chi connectivity index (χ1v) is 3.95. The number of hydrogen-bond acceptors (Lipinski definition) is 2. The van der Waals surface area contributed by atoms with Crippen LogP contribution in [0.2, 0.25) is 0 Å². The Morgan fingerprint density at radius 2 is 2.00 bits per heavy atom. The Morgan fingerprint density at radius 1 is 1.50 bits per heavy atom. The molecule has 0 aliphatic heterocycles. The van der Waals surface area contributed by atoms with Crippen LogP contribution in [0.25, 0.3) is 0 Å². The van der Waals surface area contributed by atoms with Gasteiger partial charge in [-0.15, -0.1) is 0 Å². The maximum Gasteiger partial charge on any atom is 0.0112 e. The highest BCUT2D eigenvalue weighted by molar-refractivity contribution is 4.78. The van der Waals surface area contributed by atoms with Crippen LogP contribution in [0.1, 0.15) is 33.6 Å². The third kappa shape index (κ3) is 4.77. The predicted octanol–water partition coefficient (Wildman–Crippen LogP) is 1.11. The highest BCUT2D eigenvalue weighted by atomic mass is 14.9. The SMILES string of the molecule is CCC(CC(C)(C)N)NC. The lowest BCUT2D eigenvalue weighted by molar-refractivity contribution is 0.381. The van der Waals surface area contributed by atoms with E-state index in [2.05, 4.69) is 26.1 Å². The van der Waals surface area contributed by atoms with Crippen LogP contribution in [-0.4, -0.2) is 18.6 Å². The Labute approximate surface area is 64.2 Å². The summed E-state index contributed by atoms with van der Waals surface area (Å²) in [4.78, 5) is 0. The van der Waals surface area contributed by atoms with Gasteiger partial charge in [-0.25, -0.2) is 0 Å². The van der Waals surface area contributed by atoms with Crippen molar-refractivity contribution < 1.29 is 0 Å². The van der Waals surface area contributed by atoms with Gasteiger partial charge >= 0.3 is 0 Å². The van der Waals surface area contributed by atoms with E-state index in [0.717, 1.165) is 12.8 Å². The fourth-order valence-corrected chi connectivity index (χ4v) is 1.09. The highest BCUT2D eigenvalue weighted by Gasteiger charge is 2.15. The van der Waals surface area contributed by atoms with E-state index in [4.69, 9.17) is 5.73 Å². The van der Waals surface area contributed by atoms with E-state index in [1.807, 2.05) is 7.05 Å². The molecular weight excluding hydrogens is 124 g/mol. The summed E-state index contributed by atoms with van der Waals surface area (Å²) in [5, 5.41) is 3.23. The molecule has 0 radical (unpaired) electrons. The first kappa shape index (κ1) is 9.92. The molecule has 2 heteroatoms. The molecule has 0 rings (SSSR count). The van der Waals surface area contributed by atoms with E-state index in [-0.39, 0.29) is 5.54 Å². The Morgan fingerprint density at radius 3 is 2.10 bits per heavy atom. The molecule has 0 aromatic heterocycles. The molecule has 0 saturated heterocycles. The molecule has 0 bridgehead atoms. The van der Waals surface area contributed by atoms with E-state index in [0.29, 0.717) is 6.04 Å². The Kier molecular flexibility index (Phi) is 3.91. The summed E-state index contributed by atoms with van der Waals surface area (Å²) in [6.45, 7) is 6.30. The van der Waals surface area contributed by atoms with Crippen LogP contribution in [0.3, 0.4) is 0 Å². The normalized spacial score (nSPS) is 15.3. The molecule has 0 amide bonds. The van der Waals surface area contributed by atoms with Crippen LogP contribution in [0.5, 0.6) is 0 Å². The largest absolute Gasteiger partial charge is 0.326 e. The quantitative estimate of drug-likeness (QED) is 0.620. The van der Waals surface area contributed by atoms with Gasteiger partial charge < -0.3 is 11.1 Å². The number of nitrogens with one attached hydrogen (secondary N) is 1. The van der Waals surface area contributed by atoms with Crippen molar-refractivity contribution in [1.29, 1.82) is 0 Å². The van der Waals surface area contributed by atoms with Crippen molar-refractivity contribution in [2.24, 2.45) is 5.73 Å². The summed E-state index contributed by atoms with van der Waals surface area (Å²) in [5.74, 6) is 0. The van der Waals surface area contributed by atoms with Gasteiger partial charge in [-0.1, -0.05) is 6.92 Å². The van der Waals surface area contributed by atoms with Crippen molar-refractivity contribution in [3.8, 4) is 0 Å². The minimum Gasteiger partial charge on any atom is -0.326 e. The lowest BCUT2D eigenvalue weighted by Crippen LogP contribution is -2.40. The lowest BCUT2D eigenvalue weighted by Gasteiger charge is -2.24. The van der Waals surface area contributed by atoms with Crippen molar-refractivity contribution in [2.75, 3.05) is 7.05 Å². The van der Waals surface area contributed by atoms with Crippen LogP contribution >= 0.6 is 0 Å². The standard InChI is InChI=1S/C8H20N2/c1-5-7(10-4)6-8(2,3)9/h7,10H,5-6,9H2,1-4H3. The minimum absolute atomic E-state index is 0.0380. The number of nitrogens with two attached hydrogens (primary N) is 1. The van der Waals surface area contributed by atoms with Crippen LogP contribution in [0.15, 0.2) is 0 Å². The fraction of sp³-hybridized carbons (Fsp3) is 1.00. The molecule has 3 N–H and O–H groups in total. The molecule has 2 nitrogen and oxygen atoms in total. The first-order valence-electron chi connectivity index (χ1n) is 3.95. The summed E-state index contributed by atoms with van der Waals surface area (Å²) < 4.78 is 0. The summed E-state index contributed by atoms with van der Waals surface area (Å²) in [7, 11) is 1.99. The first-order chi connectivity index (χ1) is 4.49. The predicted molar refractivity (Wildman–Crippen MR) is 46.0 cm³/mol. The van der Waals surface area contributed by atoms with Crippen molar-refractivity contribution in [3.63, 3.8) is 0 Å². The number of hydrogen-bond donors (Lipinski definition) is 2. The average Bonchev–Trinajstić information content (AvgIpc) is 1.81. The summed E-state index contributed by atoms with van der Waals surface area (Å²) in [5.41, 5.74) is 5.81. The van der Waals surface area contributed by atoms with Gasteiger partial charge in [0, 0.05) is 11.6 Å². The summed E-state index contributed by atoms with van der Waals surface area (Å²) in [6, 6.07) is 0.569. The van der Waals surface area contributed by atoms with E-state index in [9.17, 15) is 0 Å². The molecular formula is C8H20N2. The van der Waals surface area contributed by atoms with E-state index >= 15 is 0 Å². The lowest BCUT2D eigenvalue weighted by atomic mass is 9.95. The molecule has 0 aromatic rings. The molecule has 0 heterocycles. The smallest absolute Gasteiger partial charge is 0.0112 e. The zero-order valence-electron chi connectivity index (χ0n) is 7.57. The number of rotatable bonds is 4. The van der Waals surface area contributed by atoms with Crippen LogP contribution < -0.4 is 11.1 Å². The van der Waals surface area contributed by atoms with E-state index < -0.39 is 0 Å². The van der Waals surface area contributed by atoms with Crippen molar-refractivity contribution >= 4 is 0 Å². The third-order valence-electron chi connectivity index (χ3n) is 1.67. The van der Waals surface area contributed by atoms with Gasteiger partial charge in [-0.2, -0.15) is 0 Å². The van der Waals surface area contributed by atoms with Crippen molar-refractivity contribution in [1.82, 2.24) is 5.32 Å². The van der Waals surface area contributed by atoms with Gasteiger partial charge in [-0.3, -0.25) is 0 Å². The van der Waals surface area contributed by atoms with E-state index in [1.165, 1.54) is 0 Å². The van der Waals surface area contributed by atoms with Crippen molar-refractivity contribution in [2.45, 2.75) is 45.2 Å². The highest BCUT2D eigenvalue weighted by Crippen LogP contribution is 2.09. The molecule has 0 spiro atoms.